The van der Waals surface area contributed by atoms with E-state index in [1.54, 1.807) is 0 Å². The van der Waals surface area contributed by atoms with E-state index < -0.39 is 10.7 Å². The third-order valence-corrected chi connectivity index (χ3v) is 2.15. The Hall–Kier alpha value is -2.30. The molecule has 0 aliphatic heterocycles. The van der Waals surface area contributed by atoms with E-state index >= 15 is 0 Å². The van der Waals surface area contributed by atoms with Gasteiger partial charge in [0.2, 0.25) is 0 Å². The van der Waals surface area contributed by atoms with Crippen LogP contribution in [0.15, 0.2) is 30.3 Å². The molecule has 0 saturated heterocycles. The van der Waals surface area contributed by atoms with Crippen LogP contribution in [0.1, 0.15) is 0 Å². The first-order chi connectivity index (χ1) is 7.11. The summed E-state index contributed by atoms with van der Waals surface area (Å²) in [5, 5.41) is 31.6. The molecule has 0 bridgehead atoms. The summed E-state index contributed by atoms with van der Waals surface area (Å²) in [4.78, 5) is 10.1. The van der Waals surface area contributed by atoms with Gasteiger partial charge in [-0.1, -0.05) is 17.9 Å². The first-order valence-electron chi connectivity index (χ1n) is 4.17. The number of benzene rings is 2. The lowest BCUT2D eigenvalue weighted by Crippen LogP contribution is -1.95. The van der Waals surface area contributed by atoms with Crippen molar-refractivity contribution >= 4 is 16.5 Å². The molecule has 76 valence electrons. The fourth-order valence-corrected chi connectivity index (χ4v) is 1.50. The molecule has 0 radical (unpaired) electrons. The molecule has 0 aliphatic rings. The molecule has 0 atom stereocenters. The predicted molar refractivity (Wildman–Crippen MR) is 51.7 cm³/mol. The number of hydrogen-bond acceptors (Lipinski definition) is 4. The fourth-order valence-electron chi connectivity index (χ4n) is 1.50. The minimum Gasteiger partial charge on any atom is -0.872 e. The number of aromatic hydroxyl groups is 1. The van der Waals surface area contributed by atoms with Crippen molar-refractivity contribution < 1.29 is 15.1 Å². The van der Waals surface area contributed by atoms with Crippen LogP contribution in [0.2, 0.25) is 0 Å². The van der Waals surface area contributed by atoms with Crippen molar-refractivity contribution in [2.24, 2.45) is 0 Å². The van der Waals surface area contributed by atoms with Gasteiger partial charge in [-0.3, -0.25) is 10.1 Å². The Kier molecular flexibility index (Phi) is 1.93. The average molecular weight is 204 g/mol. The van der Waals surface area contributed by atoms with Crippen molar-refractivity contribution in [2.75, 3.05) is 0 Å². The van der Waals surface area contributed by atoms with E-state index in [1.807, 2.05) is 0 Å². The van der Waals surface area contributed by atoms with Gasteiger partial charge in [0.05, 0.1) is 10.3 Å². The van der Waals surface area contributed by atoms with Gasteiger partial charge in [0.1, 0.15) is 5.75 Å². The summed E-state index contributed by atoms with van der Waals surface area (Å²) in [5.74, 6) is -0.657. The Morgan fingerprint density at radius 3 is 2.60 bits per heavy atom. The standard InChI is InChI=1S/C10H7NO4/c12-8-3-1-2-6-7(11(14)15)4-5-9(13)10(6)8/h1-5,12-13H/p-1. The number of rotatable bonds is 1. The molecule has 0 aliphatic carbocycles. The predicted octanol–water partition coefficient (Wildman–Crippen LogP) is 1.53. The summed E-state index contributed by atoms with van der Waals surface area (Å²) in [7, 11) is 0. The maximum atomic E-state index is 11.4. The highest BCUT2D eigenvalue weighted by atomic mass is 16.6. The van der Waals surface area contributed by atoms with Crippen LogP contribution in [0, 0.1) is 10.1 Å². The lowest BCUT2D eigenvalue weighted by molar-refractivity contribution is -0.383. The number of nitro benzene ring substituents is 1. The molecule has 0 heterocycles. The monoisotopic (exact) mass is 204 g/mol. The van der Waals surface area contributed by atoms with E-state index in [9.17, 15) is 20.3 Å². The second kappa shape index (κ2) is 3.13. The number of phenolic OH excluding ortho intramolecular Hbond substituents is 1. The topological polar surface area (TPSA) is 86.4 Å². The molecule has 0 fully saturated rings. The molecule has 0 aromatic heterocycles. The fraction of sp³-hybridized carbons (Fsp3) is 0. The summed E-state index contributed by atoms with van der Waals surface area (Å²) >= 11 is 0. The van der Waals surface area contributed by atoms with E-state index in [0.717, 1.165) is 12.1 Å². The first-order valence-corrected chi connectivity index (χ1v) is 4.17. The number of nitro groups is 1. The first kappa shape index (κ1) is 9.26. The minimum atomic E-state index is -0.582. The average Bonchev–Trinajstić information content (AvgIpc) is 2.17. The number of fused-ring (bicyclic) bond motifs is 1. The van der Waals surface area contributed by atoms with E-state index in [0.29, 0.717) is 0 Å². The highest BCUT2D eigenvalue weighted by molar-refractivity contribution is 5.98. The van der Waals surface area contributed by atoms with Gasteiger partial charge in [0.25, 0.3) is 5.69 Å². The van der Waals surface area contributed by atoms with E-state index in [4.69, 9.17) is 0 Å². The zero-order chi connectivity index (χ0) is 11.0. The van der Waals surface area contributed by atoms with E-state index in [-0.39, 0.29) is 22.2 Å². The number of non-ortho nitro benzene ring substituents is 1. The van der Waals surface area contributed by atoms with Crippen LogP contribution >= 0.6 is 0 Å². The molecule has 5 nitrogen and oxygen atoms in total. The van der Waals surface area contributed by atoms with Crippen LogP contribution in [0.3, 0.4) is 0 Å². The zero-order valence-electron chi connectivity index (χ0n) is 7.51. The van der Waals surface area contributed by atoms with Crippen molar-refractivity contribution in [3.63, 3.8) is 0 Å². The smallest absolute Gasteiger partial charge is 0.277 e. The Balaban J connectivity index is 2.95. The van der Waals surface area contributed by atoms with Gasteiger partial charge in [-0.15, -0.1) is 0 Å². The van der Waals surface area contributed by atoms with E-state index in [1.165, 1.54) is 18.2 Å². The van der Waals surface area contributed by atoms with Gasteiger partial charge >= 0.3 is 0 Å². The van der Waals surface area contributed by atoms with Crippen molar-refractivity contribution in [1.82, 2.24) is 0 Å². The van der Waals surface area contributed by atoms with Gasteiger partial charge in [-0.2, -0.15) is 0 Å². The Labute approximate surface area is 84.4 Å². The van der Waals surface area contributed by atoms with Crippen molar-refractivity contribution in [2.45, 2.75) is 0 Å². The van der Waals surface area contributed by atoms with Gasteiger partial charge in [-0.25, -0.2) is 0 Å². The molecular weight excluding hydrogens is 198 g/mol. The van der Waals surface area contributed by atoms with Crippen LogP contribution in [0.5, 0.6) is 11.5 Å². The van der Waals surface area contributed by atoms with E-state index in [2.05, 4.69) is 0 Å². The quantitative estimate of drug-likeness (QED) is 0.563. The molecule has 15 heavy (non-hydrogen) atoms. The minimum absolute atomic E-state index is 0.00769. The summed E-state index contributed by atoms with van der Waals surface area (Å²) in [6, 6.07) is 6.45. The normalized spacial score (nSPS) is 10.4. The number of hydrogen-bond donors (Lipinski definition) is 1. The summed E-state index contributed by atoms with van der Waals surface area (Å²) in [6.07, 6.45) is 0. The Morgan fingerprint density at radius 2 is 1.93 bits per heavy atom. The van der Waals surface area contributed by atoms with Crippen LogP contribution in [-0.2, 0) is 0 Å². The van der Waals surface area contributed by atoms with Crippen LogP contribution < -0.4 is 5.11 Å². The molecule has 5 heteroatoms. The molecule has 0 saturated carbocycles. The molecule has 2 aromatic rings. The summed E-state index contributed by atoms with van der Waals surface area (Å²) in [5.41, 5.74) is -0.180. The van der Waals surface area contributed by atoms with Crippen LogP contribution in [0.4, 0.5) is 5.69 Å². The Bertz CT molecular complexity index is 542. The molecule has 2 aromatic carbocycles. The molecule has 0 amide bonds. The number of phenols is 1. The van der Waals surface area contributed by atoms with Crippen LogP contribution in [-0.4, -0.2) is 10.0 Å². The highest BCUT2D eigenvalue weighted by Crippen LogP contribution is 2.36. The maximum Gasteiger partial charge on any atom is 0.277 e. The van der Waals surface area contributed by atoms with Gasteiger partial charge in [0.15, 0.2) is 0 Å². The van der Waals surface area contributed by atoms with Crippen molar-refractivity contribution in [3.05, 3.63) is 40.4 Å². The second-order valence-corrected chi connectivity index (χ2v) is 3.04. The maximum absolute atomic E-state index is 11.4. The largest absolute Gasteiger partial charge is 0.872 e. The molecular formula is C10H6NO4-. The van der Waals surface area contributed by atoms with Gasteiger partial charge < -0.3 is 10.2 Å². The van der Waals surface area contributed by atoms with Crippen molar-refractivity contribution in [1.29, 1.82) is 0 Å². The Morgan fingerprint density at radius 1 is 1.20 bits per heavy atom. The lowest BCUT2D eigenvalue weighted by atomic mass is 10.1. The third-order valence-electron chi connectivity index (χ3n) is 2.15. The van der Waals surface area contributed by atoms with Crippen LogP contribution in [0.25, 0.3) is 10.8 Å². The third kappa shape index (κ3) is 1.34. The van der Waals surface area contributed by atoms with Crippen molar-refractivity contribution in [3.8, 4) is 11.5 Å². The lowest BCUT2D eigenvalue weighted by Gasteiger charge is -2.11. The molecule has 0 unspecified atom stereocenters. The molecule has 2 rings (SSSR count). The zero-order valence-corrected chi connectivity index (χ0v) is 7.51. The molecule has 1 N–H and O–H groups in total. The highest BCUT2D eigenvalue weighted by Gasteiger charge is 2.12. The van der Waals surface area contributed by atoms with Gasteiger partial charge in [-0.05, 0) is 12.1 Å². The second-order valence-electron chi connectivity index (χ2n) is 3.04. The van der Waals surface area contributed by atoms with Gasteiger partial charge in [0, 0.05) is 11.5 Å². The summed E-state index contributed by atoms with van der Waals surface area (Å²) < 4.78 is 0. The number of nitrogens with zero attached hydrogens (tertiary/aromatic N) is 1. The molecule has 0 spiro atoms. The summed E-state index contributed by atoms with van der Waals surface area (Å²) in [6.45, 7) is 0. The SMILES string of the molecule is O=[N+]([O-])c1ccc([O-])c2c(O)cccc12.